The fraction of sp³-hybridized carbons (Fsp3) is 0.118. The number of rotatable bonds is 3. The van der Waals surface area contributed by atoms with E-state index in [1.807, 2.05) is 74.5 Å². The monoisotopic (exact) mass is 318 g/mol. The van der Waals surface area contributed by atoms with E-state index in [0.717, 1.165) is 22.8 Å². The van der Waals surface area contributed by atoms with Crippen LogP contribution in [-0.2, 0) is 0 Å². The molecule has 0 bridgehead atoms. The number of para-hydroxylation sites is 2. The van der Waals surface area contributed by atoms with Crippen LogP contribution >= 0.6 is 0 Å². The van der Waals surface area contributed by atoms with Crippen LogP contribution in [0.25, 0.3) is 0 Å². The number of aromatic nitrogens is 3. The lowest BCUT2D eigenvalue weighted by Crippen LogP contribution is -2.54. The van der Waals surface area contributed by atoms with E-state index < -0.39 is 0 Å². The molecule has 118 valence electrons. The van der Waals surface area contributed by atoms with Crippen molar-refractivity contribution in [3.63, 3.8) is 0 Å². The molecule has 7 heteroatoms. The fourth-order valence-electron chi connectivity index (χ4n) is 2.37. The zero-order valence-electron chi connectivity index (χ0n) is 13.4. The molecular weight excluding hydrogens is 302 g/mol. The number of aryl methyl sites for hydroxylation is 2. The number of nitrogens with zero attached hydrogens (tertiary/aromatic N) is 7. The summed E-state index contributed by atoms with van der Waals surface area (Å²) >= 11 is 0. The third-order valence-corrected chi connectivity index (χ3v) is 3.73. The Kier molecular flexibility index (Phi) is 3.33. The number of hydrazone groups is 1. The van der Waals surface area contributed by atoms with Crippen molar-refractivity contribution in [3.05, 3.63) is 72.1 Å². The molecular formula is C17H16N7+. The minimum absolute atomic E-state index is 0.864. The predicted octanol–water partition coefficient (Wildman–Crippen LogP) is 2.51. The van der Waals surface area contributed by atoms with Gasteiger partial charge in [0.05, 0.1) is 17.1 Å². The van der Waals surface area contributed by atoms with Gasteiger partial charge in [-0.05, 0) is 48.2 Å². The summed E-state index contributed by atoms with van der Waals surface area (Å²) < 4.78 is 0. The highest BCUT2D eigenvalue weighted by atomic mass is 16.1. The van der Waals surface area contributed by atoms with Crippen LogP contribution in [-0.4, -0.2) is 21.4 Å². The average molecular weight is 318 g/mol. The summed E-state index contributed by atoms with van der Waals surface area (Å²) in [5.41, 5.74) is 3.52. The van der Waals surface area contributed by atoms with E-state index in [-0.39, 0.29) is 0 Å². The second-order valence-corrected chi connectivity index (χ2v) is 5.38. The highest BCUT2D eigenvalue weighted by Crippen LogP contribution is 2.24. The first-order chi connectivity index (χ1) is 11.7. The SMILES string of the molecule is Cc1nn(N2N(c3ccccc3)[C+]=NN2c2ccccc2)nc1C. The van der Waals surface area contributed by atoms with Gasteiger partial charge < -0.3 is 0 Å². The normalized spacial score (nSPS) is 13.5. The van der Waals surface area contributed by atoms with Gasteiger partial charge in [0.1, 0.15) is 0 Å². The maximum Gasteiger partial charge on any atom is 0.369 e. The summed E-state index contributed by atoms with van der Waals surface area (Å²) in [5, 5.41) is 18.6. The van der Waals surface area contributed by atoms with Crippen molar-refractivity contribution < 1.29 is 0 Å². The molecule has 0 aliphatic carbocycles. The second kappa shape index (κ2) is 5.64. The molecule has 0 atom stereocenters. The zero-order valence-corrected chi connectivity index (χ0v) is 13.4. The summed E-state index contributed by atoms with van der Waals surface area (Å²) in [6, 6.07) is 19.7. The largest absolute Gasteiger partial charge is 0.369 e. The van der Waals surface area contributed by atoms with Gasteiger partial charge in [0.15, 0.2) is 0 Å². The minimum Gasteiger partial charge on any atom is -0.134 e. The Morgan fingerprint density at radius 1 is 0.750 bits per heavy atom. The van der Waals surface area contributed by atoms with Gasteiger partial charge in [-0.2, -0.15) is 0 Å². The van der Waals surface area contributed by atoms with Gasteiger partial charge in [-0.15, -0.1) is 15.3 Å². The molecule has 0 spiro atoms. The van der Waals surface area contributed by atoms with Crippen LogP contribution in [0.1, 0.15) is 11.4 Å². The van der Waals surface area contributed by atoms with Crippen LogP contribution in [0.4, 0.5) is 11.4 Å². The van der Waals surface area contributed by atoms with E-state index in [4.69, 9.17) is 0 Å². The molecule has 0 fully saturated rings. The van der Waals surface area contributed by atoms with Crippen molar-refractivity contribution in [3.8, 4) is 0 Å². The van der Waals surface area contributed by atoms with E-state index in [1.165, 1.54) is 4.91 Å². The number of anilines is 2. The van der Waals surface area contributed by atoms with E-state index in [0.29, 0.717) is 0 Å². The lowest BCUT2D eigenvalue weighted by Gasteiger charge is -2.25. The molecule has 24 heavy (non-hydrogen) atoms. The molecule has 0 radical (unpaired) electrons. The Labute approximate surface area is 139 Å². The van der Waals surface area contributed by atoms with Crippen molar-refractivity contribution in [1.82, 2.24) is 15.1 Å². The van der Waals surface area contributed by atoms with Crippen molar-refractivity contribution in [2.45, 2.75) is 13.8 Å². The highest BCUT2D eigenvalue weighted by molar-refractivity contribution is 5.84. The number of hydrazine groups is 2. The Hall–Kier alpha value is -3.44. The van der Waals surface area contributed by atoms with Gasteiger partial charge in [-0.3, -0.25) is 0 Å². The topological polar surface area (TPSA) is 52.8 Å². The molecule has 2 aromatic carbocycles. The first kappa shape index (κ1) is 14.2. The van der Waals surface area contributed by atoms with E-state index in [1.54, 1.807) is 15.4 Å². The van der Waals surface area contributed by atoms with Gasteiger partial charge in [-0.1, -0.05) is 24.3 Å². The highest BCUT2D eigenvalue weighted by Gasteiger charge is 2.40. The van der Waals surface area contributed by atoms with Gasteiger partial charge in [0.25, 0.3) is 0 Å². The van der Waals surface area contributed by atoms with Crippen LogP contribution in [0, 0.1) is 13.8 Å². The minimum atomic E-state index is 0.864. The molecule has 1 aromatic heterocycles. The molecule has 0 saturated heterocycles. The molecule has 0 amide bonds. The molecule has 0 N–H and O–H groups in total. The number of benzene rings is 2. The maximum atomic E-state index is 4.49. The molecule has 2 heterocycles. The number of hydrogen-bond donors (Lipinski definition) is 0. The molecule has 0 saturated carbocycles. The molecule has 1 aliphatic rings. The molecule has 7 nitrogen and oxygen atoms in total. The zero-order chi connectivity index (χ0) is 16.5. The van der Waals surface area contributed by atoms with Crippen LogP contribution in [0.3, 0.4) is 0 Å². The third kappa shape index (κ3) is 2.33. The van der Waals surface area contributed by atoms with Gasteiger partial charge in [-0.25, -0.2) is 0 Å². The Morgan fingerprint density at radius 3 is 1.88 bits per heavy atom. The lowest BCUT2D eigenvalue weighted by molar-refractivity contribution is 0.476. The maximum absolute atomic E-state index is 4.49. The lowest BCUT2D eigenvalue weighted by atomic mass is 10.3. The van der Waals surface area contributed by atoms with Gasteiger partial charge in [0, 0.05) is 22.2 Å². The van der Waals surface area contributed by atoms with Crippen molar-refractivity contribution in [2.24, 2.45) is 5.10 Å². The average Bonchev–Trinajstić information content (AvgIpc) is 3.20. The first-order valence-corrected chi connectivity index (χ1v) is 7.61. The smallest absolute Gasteiger partial charge is 0.134 e. The number of hydrogen-bond acceptors (Lipinski definition) is 6. The summed E-state index contributed by atoms with van der Waals surface area (Å²) in [4.78, 5) is 1.52. The van der Waals surface area contributed by atoms with E-state index in [9.17, 15) is 0 Å². The molecule has 3 aromatic rings. The second-order valence-electron chi connectivity index (χ2n) is 5.38. The van der Waals surface area contributed by atoms with Gasteiger partial charge in [0.2, 0.25) is 5.69 Å². The Balaban J connectivity index is 1.79. The summed E-state index contributed by atoms with van der Waals surface area (Å²) in [7, 11) is 0. The molecule has 1 aliphatic heterocycles. The molecule has 4 rings (SSSR count). The van der Waals surface area contributed by atoms with Crippen LogP contribution < -0.4 is 15.4 Å². The molecule has 0 unspecified atom stereocenters. The fourth-order valence-corrected chi connectivity index (χ4v) is 2.37. The van der Waals surface area contributed by atoms with Crippen LogP contribution in [0.2, 0.25) is 0 Å². The van der Waals surface area contributed by atoms with Crippen LogP contribution in [0.5, 0.6) is 0 Å². The Morgan fingerprint density at radius 2 is 1.29 bits per heavy atom. The summed E-state index contributed by atoms with van der Waals surface area (Å²) in [6.07, 6.45) is 3.01. The Bertz CT molecular complexity index is 788. The van der Waals surface area contributed by atoms with Gasteiger partial charge >= 0.3 is 6.34 Å². The van der Waals surface area contributed by atoms with Crippen molar-refractivity contribution in [1.29, 1.82) is 0 Å². The van der Waals surface area contributed by atoms with E-state index in [2.05, 4.69) is 21.6 Å². The first-order valence-electron chi connectivity index (χ1n) is 7.61. The standard InChI is InChI=1S/C17H16N7/c1-14-15(2)20-23(19-14)24-21(16-9-5-3-6-10-16)13-18-22(24)17-11-7-4-8-12-17/h3-12H,1-2H3/q+1. The third-order valence-electron chi connectivity index (χ3n) is 3.73. The van der Waals surface area contributed by atoms with Crippen LogP contribution in [0.15, 0.2) is 65.8 Å². The summed E-state index contributed by atoms with van der Waals surface area (Å²) in [6.45, 7) is 3.86. The summed E-state index contributed by atoms with van der Waals surface area (Å²) in [5.74, 6) is 0. The van der Waals surface area contributed by atoms with Crippen molar-refractivity contribution >= 4 is 17.7 Å². The predicted molar refractivity (Wildman–Crippen MR) is 93.0 cm³/mol. The quantitative estimate of drug-likeness (QED) is 0.695. The van der Waals surface area contributed by atoms with Crippen molar-refractivity contribution in [2.75, 3.05) is 15.4 Å². The van der Waals surface area contributed by atoms with E-state index >= 15 is 0 Å².